The molecule has 2 aromatic rings. The monoisotopic (exact) mass is 326 g/mol. The van der Waals surface area contributed by atoms with E-state index in [-0.39, 0.29) is 14.9 Å². The van der Waals surface area contributed by atoms with E-state index < -0.39 is 0 Å². The normalized spacial score (nSPS) is 10.0. The van der Waals surface area contributed by atoms with Gasteiger partial charge in [0.1, 0.15) is 0 Å². The van der Waals surface area contributed by atoms with Gasteiger partial charge in [0.05, 0.1) is 0 Å². The predicted molar refractivity (Wildman–Crippen MR) is 115 cm³/mol. The zero-order chi connectivity index (χ0) is 16.5. The largest absolute Gasteiger partial charge is 0.0776 e. The molecule has 0 radical (unpaired) electrons. The minimum atomic E-state index is 0. The maximum Gasteiger partial charge on any atom is -0.0222 e. The summed E-state index contributed by atoms with van der Waals surface area (Å²) in [5, 5.41) is 0. The van der Waals surface area contributed by atoms with Crippen LogP contribution in [0, 0.1) is 13.8 Å². The molecule has 0 aromatic heterocycles. The minimum Gasteiger partial charge on any atom is -0.0776 e. The van der Waals surface area contributed by atoms with Crippen LogP contribution >= 0.6 is 0 Å². The molecule has 0 atom stereocenters. The summed E-state index contributed by atoms with van der Waals surface area (Å²) in [4.78, 5) is 0. The Kier molecular flexibility index (Phi) is 12.8. The lowest BCUT2D eigenvalue weighted by Crippen LogP contribution is -1.89. The molecule has 0 spiro atoms. The van der Waals surface area contributed by atoms with Crippen LogP contribution < -0.4 is 0 Å². The Morgan fingerprint density at radius 2 is 1.58 bits per heavy atom. The summed E-state index contributed by atoms with van der Waals surface area (Å²) >= 11 is 0. The third-order valence-electron chi connectivity index (χ3n) is 3.85. The Morgan fingerprint density at radius 1 is 0.917 bits per heavy atom. The first kappa shape index (κ1) is 24.4. The van der Waals surface area contributed by atoms with Crippen molar-refractivity contribution in [1.82, 2.24) is 0 Å². The highest BCUT2D eigenvalue weighted by Crippen LogP contribution is 2.24. The number of aryl methyl sites for hydroxylation is 3. The van der Waals surface area contributed by atoms with E-state index in [2.05, 4.69) is 76.2 Å². The number of benzene rings is 2. The van der Waals surface area contributed by atoms with Gasteiger partial charge in [0.25, 0.3) is 0 Å². The van der Waals surface area contributed by atoms with Crippen LogP contribution in [0.25, 0.3) is 11.6 Å². The van der Waals surface area contributed by atoms with Crippen LogP contribution in [0.1, 0.15) is 76.8 Å². The molecule has 0 aliphatic heterocycles. The summed E-state index contributed by atoms with van der Waals surface area (Å²) in [5.74, 6) is 0. The van der Waals surface area contributed by atoms with Crippen molar-refractivity contribution in [3.8, 4) is 0 Å². The summed E-state index contributed by atoms with van der Waals surface area (Å²) in [6.07, 6.45) is 4.50. The first-order valence-corrected chi connectivity index (χ1v) is 8.51. The number of allylic oxidation sites excluding steroid dienone is 1. The average molecular weight is 327 g/mol. The number of hydrogen-bond acceptors (Lipinski definition) is 0. The van der Waals surface area contributed by atoms with Gasteiger partial charge in [-0.3, -0.25) is 0 Å². The third kappa shape index (κ3) is 6.74. The van der Waals surface area contributed by atoms with Gasteiger partial charge in [-0.15, -0.1) is 0 Å². The molecule has 2 rings (SSSR count). The molecule has 0 saturated heterocycles. The molecule has 0 amide bonds. The molecule has 0 unspecified atom stereocenters. The molecule has 0 nitrogen and oxygen atoms in total. The van der Waals surface area contributed by atoms with Crippen LogP contribution in [0.15, 0.2) is 42.5 Å². The Bertz CT molecular complexity index is 618. The van der Waals surface area contributed by atoms with Gasteiger partial charge in [-0.2, -0.15) is 0 Å². The summed E-state index contributed by atoms with van der Waals surface area (Å²) in [5.41, 5.74) is 8.17. The van der Waals surface area contributed by atoms with E-state index in [1.54, 1.807) is 0 Å². The first-order chi connectivity index (χ1) is 10.6. The fourth-order valence-electron chi connectivity index (χ4n) is 2.49. The van der Waals surface area contributed by atoms with Gasteiger partial charge in [-0.25, -0.2) is 0 Å². The lowest BCUT2D eigenvalue weighted by molar-refractivity contribution is 1.13. The van der Waals surface area contributed by atoms with Crippen LogP contribution in [0.3, 0.4) is 0 Å². The maximum absolute atomic E-state index is 2.35. The van der Waals surface area contributed by atoms with Crippen LogP contribution in [0.2, 0.25) is 0 Å². The molecule has 0 heteroatoms. The van der Waals surface area contributed by atoms with E-state index >= 15 is 0 Å². The van der Waals surface area contributed by atoms with Crippen molar-refractivity contribution in [2.24, 2.45) is 0 Å². The lowest BCUT2D eigenvalue weighted by atomic mass is 9.96. The SMILES string of the molecule is C.C.CC.CC/C(=C\c1cc(CC)ccc1C)c1cccc(C)c1. The van der Waals surface area contributed by atoms with E-state index in [0.29, 0.717) is 0 Å². The fourth-order valence-corrected chi connectivity index (χ4v) is 2.49. The van der Waals surface area contributed by atoms with Crippen molar-refractivity contribution in [1.29, 1.82) is 0 Å². The fraction of sp³-hybridized carbons (Fsp3) is 0.417. The van der Waals surface area contributed by atoms with Gasteiger partial charge in [0.15, 0.2) is 0 Å². The molecule has 0 saturated carbocycles. The molecular formula is C24H38. The summed E-state index contributed by atoms with van der Waals surface area (Å²) in [6, 6.07) is 15.6. The highest BCUT2D eigenvalue weighted by Gasteiger charge is 2.03. The van der Waals surface area contributed by atoms with Crippen LogP contribution in [-0.2, 0) is 6.42 Å². The maximum atomic E-state index is 2.35. The van der Waals surface area contributed by atoms with Gasteiger partial charge in [0, 0.05) is 0 Å². The van der Waals surface area contributed by atoms with Crippen molar-refractivity contribution >= 4 is 11.6 Å². The van der Waals surface area contributed by atoms with Gasteiger partial charge in [-0.05, 0) is 54.5 Å². The molecule has 0 fully saturated rings. The number of hydrogen-bond donors (Lipinski definition) is 0. The Morgan fingerprint density at radius 3 is 2.12 bits per heavy atom. The Balaban J connectivity index is 0. The zero-order valence-electron chi connectivity index (χ0n) is 15.0. The van der Waals surface area contributed by atoms with Crippen LogP contribution in [-0.4, -0.2) is 0 Å². The smallest absolute Gasteiger partial charge is 0.0222 e. The molecular weight excluding hydrogens is 288 g/mol. The quantitative estimate of drug-likeness (QED) is 0.498. The second-order valence-corrected chi connectivity index (χ2v) is 5.44. The van der Waals surface area contributed by atoms with Gasteiger partial charge in [0.2, 0.25) is 0 Å². The van der Waals surface area contributed by atoms with E-state index in [9.17, 15) is 0 Å². The lowest BCUT2D eigenvalue weighted by Gasteiger charge is -2.09. The topological polar surface area (TPSA) is 0 Å². The van der Waals surface area contributed by atoms with E-state index in [1.165, 1.54) is 33.4 Å². The second-order valence-electron chi connectivity index (χ2n) is 5.44. The summed E-state index contributed by atoms with van der Waals surface area (Å²) in [6.45, 7) is 12.8. The van der Waals surface area contributed by atoms with Gasteiger partial charge >= 0.3 is 0 Å². The van der Waals surface area contributed by atoms with Crippen molar-refractivity contribution in [2.45, 2.75) is 69.2 Å². The molecule has 24 heavy (non-hydrogen) atoms. The van der Waals surface area contributed by atoms with Gasteiger partial charge in [-0.1, -0.05) is 96.7 Å². The van der Waals surface area contributed by atoms with Crippen molar-refractivity contribution in [3.05, 3.63) is 70.3 Å². The zero-order valence-corrected chi connectivity index (χ0v) is 15.0. The standard InChI is InChI=1S/C20H24.C2H6.2CH4/c1-5-17-11-10-16(4)20(13-17)14-18(6-2)19-9-7-8-15(3)12-19;1-2;;/h7-14H,5-6H2,1-4H3;1-2H3;2*1H4/b18-14+;;;. The highest BCUT2D eigenvalue weighted by atomic mass is 14.1. The van der Waals surface area contributed by atoms with E-state index in [4.69, 9.17) is 0 Å². The predicted octanol–water partition coefficient (Wildman–Crippen LogP) is 8.11. The van der Waals surface area contributed by atoms with E-state index in [1.807, 2.05) is 13.8 Å². The average Bonchev–Trinajstić information content (AvgIpc) is 2.56. The molecule has 0 bridgehead atoms. The second kappa shape index (κ2) is 12.6. The Hall–Kier alpha value is -1.82. The van der Waals surface area contributed by atoms with Gasteiger partial charge < -0.3 is 0 Å². The van der Waals surface area contributed by atoms with Crippen molar-refractivity contribution in [2.75, 3.05) is 0 Å². The number of rotatable bonds is 4. The van der Waals surface area contributed by atoms with Crippen LogP contribution in [0.5, 0.6) is 0 Å². The summed E-state index contributed by atoms with van der Waals surface area (Å²) in [7, 11) is 0. The van der Waals surface area contributed by atoms with E-state index in [0.717, 1.165) is 12.8 Å². The van der Waals surface area contributed by atoms with Crippen LogP contribution in [0.4, 0.5) is 0 Å². The molecule has 134 valence electrons. The molecule has 0 aliphatic carbocycles. The van der Waals surface area contributed by atoms with Crippen molar-refractivity contribution < 1.29 is 0 Å². The molecule has 0 heterocycles. The molecule has 2 aromatic carbocycles. The minimum absolute atomic E-state index is 0. The third-order valence-corrected chi connectivity index (χ3v) is 3.85. The molecule has 0 aliphatic rings. The Labute approximate surface area is 151 Å². The molecule has 0 N–H and O–H groups in total. The van der Waals surface area contributed by atoms with Crippen molar-refractivity contribution in [3.63, 3.8) is 0 Å². The first-order valence-electron chi connectivity index (χ1n) is 8.51. The summed E-state index contributed by atoms with van der Waals surface area (Å²) < 4.78 is 0. The highest BCUT2D eigenvalue weighted by molar-refractivity contribution is 5.82.